The van der Waals surface area contributed by atoms with Crippen molar-refractivity contribution in [1.82, 2.24) is 9.97 Å². The maximum atomic E-state index is 8.75. The summed E-state index contributed by atoms with van der Waals surface area (Å²) in [6, 6.07) is 7.67. The molecule has 0 bridgehead atoms. The third-order valence-electron chi connectivity index (χ3n) is 1.73. The first kappa shape index (κ1) is 8.85. The SMILES string of the molecule is Cc1nc(C#N)cc(-c2cccs2)n1. The molecule has 0 aliphatic rings. The molecule has 4 heteroatoms. The lowest BCUT2D eigenvalue weighted by atomic mass is 10.3. The third-order valence-corrected chi connectivity index (χ3v) is 2.62. The molecule has 0 aliphatic carbocycles. The quantitative estimate of drug-likeness (QED) is 0.711. The van der Waals surface area contributed by atoms with Crippen molar-refractivity contribution in [2.45, 2.75) is 6.92 Å². The fourth-order valence-electron chi connectivity index (χ4n) is 1.18. The molecule has 14 heavy (non-hydrogen) atoms. The monoisotopic (exact) mass is 201 g/mol. The third kappa shape index (κ3) is 1.63. The summed E-state index contributed by atoms with van der Waals surface area (Å²) in [7, 11) is 0. The zero-order chi connectivity index (χ0) is 9.97. The second-order valence-electron chi connectivity index (χ2n) is 2.77. The summed E-state index contributed by atoms with van der Waals surface area (Å²) < 4.78 is 0. The average Bonchev–Trinajstić information content (AvgIpc) is 2.69. The second-order valence-corrected chi connectivity index (χ2v) is 3.72. The van der Waals surface area contributed by atoms with E-state index in [2.05, 4.69) is 9.97 Å². The van der Waals surface area contributed by atoms with Crippen LogP contribution in [0.25, 0.3) is 10.6 Å². The summed E-state index contributed by atoms with van der Waals surface area (Å²) in [6.07, 6.45) is 0. The van der Waals surface area contributed by atoms with Crippen LogP contribution in [0.1, 0.15) is 11.5 Å². The van der Waals surface area contributed by atoms with Gasteiger partial charge in [0.05, 0.1) is 10.6 Å². The highest BCUT2D eigenvalue weighted by atomic mass is 32.1. The molecule has 2 rings (SSSR count). The van der Waals surface area contributed by atoms with Crippen molar-refractivity contribution >= 4 is 11.3 Å². The first-order chi connectivity index (χ1) is 6.79. The second kappa shape index (κ2) is 3.56. The van der Waals surface area contributed by atoms with Crippen molar-refractivity contribution in [1.29, 1.82) is 5.26 Å². The van der Waals surface area contributed by atoms with E-state index in [9.17, 15) is 0 Å². The maximum Gasteiger partial charge on any atom is 0.144 e. The summed E-state index contributed by atoms with van der Waals surface area (Å²) in [5.74, 6) is 0.632. The summed E-state index contributed by atoms with van der Waals surface area (Å²) in [4.78, 5) is 9.33. The van der Waals surface area contributed by atoms with E-state index in [1.165, 1.54) is 0 Å². The maximum absolute atomic E-state index is 8.75. The molecule has 2 heterocycles. The lowest BCUT2D eigenvalue weighted by molar-refractivity contribution is 1.04. The van der Waals surface area contributed by atoms with Gasteiger partial charge in [0, 0.05) is 6.07 Å². The van der Waals surface area contributed by atoms with Gasteiger partial charge in [-0.25, -0.2) is 9.97 Å². The minimum absolute atomic E-state index is 0.418. The van der Waals surface area contributed by atoms with Crippen molar-refractivity contribution in [3.05, 3.63) is 35.1 Å². The van der Waals surface area contributed by atoms with Crippen molar-refractivity contribution in [3.63, 3.8) is 0 Å². The van der Waals surface area contributed by atoms with Gasteiger partial charge in [-0.3, -0.25) is 0 Å². The average molecular weight is 201 g/mol. The normalized spacial score (nSPS) is 9.71. The molecule has 0 unspecified atom stereocenters. The minimum Gasteiger partial charge on any atom is -0.232 e. The predicted molar refractivity (Wildman–Crippen MR) is 54.8 cm³/mol. The highest BCUT2D eigenvalue weighted by molar-refractivity contribution is 7.13. The van der Waals surface area contributed by atoms with Gasteiger partial charge in [0.25, 0.3) is 0 Å². The van der Waals surface area contributed by atoms with E-state index in [1.54, 1.807) is 24.3 Å². The van der Waals surface area contributed by atoms with Gasteiger partial charge in [0.15, 0.2) is 0 Å². The Kier molecular flexibility index (Phi) is 2.25. The van der Waals surface area contributed by atoms with Crippen LogP contribution in [0.4, 0.5) is 0 Å². The molecular weight excluding hydrogens is 194 g/mol. The molecule has 0 N–H and O–H groups in total. The molecule has 2 aromatic heterocycles. The zero-order valence-electron chi connectivity index (χ0n) is 7.56. The fraction of sp³-hybridized carbons (Fsp3) is 0.100. The molecule has 0 spiro atoms. The van der Waals surface area contributed by atoms with Crippen LogP contribution in [0.5, 0.6) is 0 Å². The molecule has 0 saturated heterocycles. The van der Waals surface area contributed by atoms with Gasteiger partial charge >= 0.3 is 0 Å². The first-order valence-corrected chi connectivity index (χ1v) is 4.97. The van der Waals surface area contributed by atoms with Gasteiger partial charge in [0.1, 0.15) is 17.6 Å². The largest absolute Gasteiger partial charge is 0.232 e. The lowest BCUT2D eigenvalue weighted by Gasteiger charge is -1.98. The molecule has 0 fully saturated rings. The molecule has 68 valence electrons. The highest BCUT2D eigenvalue weighted by Gasteiger charge is 2.04. The molecule has 0 aliphatic heterocycles. The lowest BCUT2D eigenvalue weighted by Crippen LogP contribution is -1.93. The zero-order valence-corrected chi connectivity index (χ0v) is 8.38. The van der Waals surface area contributed by atoms with Gasteiger partial charge in [-0.15, -0.1) is 11.3 Å². The summed E-state index contributed by atoms with van der Waals surface area (Å²) in [5, 5.41) is 10.7. The number of aromatic nitrogens is 2. The molecule has 0 radical (unpaired) electrons. The van der Waals surface area contributed by atoms with E-state index in [0.29, 0.717) is 11.5 Å². The van der Waals surface area contributed by atoms with Crippen LogP contribution in [0.15, 0.2) is 23.6 Å². The smallest absolute Gasteiger partial charge is 0.144 e. The molecular formula is C10H7N3S. The van der Waals surface area contributed by atoms with Crippen LogP contribution >= 0.6 is 11.3 Å². The Morgan fingerprint density at radius 1 is 1.43 bits per heavy atom. The first-order valence-electron chi connectivity index (χ1n) is 4.09. The summed E-state index contributed by atoms with van der Waals surface area (Å²) >= 11 is 1.60. The van der Waals surface area contributed by atoms with Gasteiger partial charge in [-0.1, -0.05) is 6.07 Å². The number of nitrogens with zero attached hydrogens (tertiary/aromatic N) is 3. The molecule has 0 saturated carbocycles. The van der Waals surface area contributed by atoms with Crippen molar-refractivity contribution < 1.29 is 0 Å². The van der Waals surface area contributed by atoms with Crippen LogP contribution in [0.2, 0.25) is 0 Å². The Morgan fingerprint density at radius 2 is 2.29 bits per heavy atom. The number of hydrogen-bond donors (Lipinski definition) is 0. The molecule has 0 atom stereocenters. The van der Waals surface area contributed by atoms with E-state index < -0.39 is 0 Å². The molecule has 3 nitrogen and oxygen atoms in total. The molecule has 0 amide bonds. The van der Waals surface area contributed by atoms with Gasteiger partial charge in [-0.2, -0.15) is 5.26 Å². The number of aryl methyl sites for hydroxylation is 1. The van der Waals surface area contributed by atoms with Crippen LogP contribution < -0.4 is 0 Å². The van der Waals surface area contributed by atoms with E-state index in [4.69, 9.17) is 5.26 Å². The Morgan fingerprint density at radius 3 is 2.93 bits per heavy atom. The standard InChI is InChI=1S/C10H7N3S/c1-7-12-8(6-11)5-9(13-7)10-3-2-4-14-10/h2-5H,1H3. The molecule has 0 aromatic carbocycles. The number of rotatable bonds is 1. The Hall–Kier alpha value is -1.73. The summed E-state index contributed by atoms with van der Waals surface area (Å²) in [6.45, 7) is 1.79. The van der Waals surface area contributed by atoms with E-state index in [1.807, 2.05) is 23.6 Å². The highest BCUT2D eigenvalue weighted by Crippen LogP contribution is 2.22. The van der Waals surface area contributed by atoms with Crippen molar-refractivity contribution in [2.75, 3.05) is 0 Å². The number of nitriles is 1. The predicted octanol–water partition coefficient (Wildman–Crippen LogP) is 2.39. The Balaban J connectivity index is 2.55. The molecule has 2 aromatic rings. The Labute approximate surface area is 85.7 Å². The van der Waals surface area contributed by atoms with Crippen LogP contribution in [0, 0.1) is 18.3 Å². The fourth-order valence-corrected chi connectivity index (χ4v) is 1.86. The topological polar surface area (TPSA) is 49.6 Å². The van der Waals surface area contributed by atoms with E-state index in [0.717, 1.165) is 10.6 Å². The number of thiophene rings is 1. The van der Waals surface area contributed by atoms with E-state index in [-0.39, 0.29) is 0 Å². The minimum atomic E-state index is 0.418. The van der Waals surface area contributed by atoms with Crippen LogP contribution in [-0.2, 0) is 0 Å². The van der Waals surface area contributed by atoms with Gasteiger partial charge in [0.2, 0.25) is 0 Å². The van der Waals surface area contributed by atoms with Crippen molar-refractivity contribution in [2.24, 2.45) is 0 Å². The van der Waals surface area contributed by atoms with Crippen LogP contribution in [-0.4, -0.2) is 9.97 Å². The van der Waals surface area contributed by atoms with Crippen LogP contribution in [0.3, 0.4) is 0 Å². The van der Waals surface area contributed by atoms with E-state index >= 15 is 0 Å². The van der Waals surface area contributed by atoms with Gasteiger partial charge in [-0.05, 0) is 18.4 Å². The van der Waals surface area contributed by atoms with Gasteiger partial charge < -0.3 is 0 Å². The summed E-state index contributed by atoms with van der Waals surface area (Å²) in [5.41, 5.74) is 1.24. The van der Waals surface area contributed by atoms with Crippen molar-refractivity contribution in [3.8, 4) is 16.6 Å². The Bertz CT molecular complexity index is 483. The number of hydrogen-bond acceptors (Lipinski definition) is 4.